The summed E-state index contributed by atoms with van der Waals surface area (Å²) in [6.07, 6.45) is 3.73. The summed E-state index contributed by atoms with van der Waals surface area (Å²) in [5, 5.41) is 4.37. The van der Waals surface area contributed by atoms with Crippen LogP contribution in [0.15, 0.2) is 24.7 Å². The third-order valence-corrected chi connectivity index (χ3v) is 4.45. The number of pyridine rings is 1. The van der Waals surface area contributed by atoms with Gasteiger partial charge in [-0.2, -0.15) is 0 Å². The fraction of sp³-hybridized carbons (Fsp3) is 0.421. The molecule has 1 atom stereocenters. The molecule has 0 saturated carbocycles. The van der Waals surface area contributed by atoms with Gasteiger partial charge in [0.1, 0.15) is 5.60 Å². The number of halogens is 2. The van der Waals surface area contributed by atoms with Crippen molar-refractivity contribution < 1.29 is 13.9 Å². The van der Waals surface area contributed by atoms with Crippen molar-refractivity contribution in [3.8, 4) is 11.4 Å². The summed E-state index contributed by atoms with van der Waals surface area (Å²) in [5.74, 6) is -0.508. The molecule has 0 radical (unpaired) electrons. The van der Waals surface area contributed by atoms with Crippen molar-refractivity contribution in [3.05, 3.63) is 41.3 Å². The van der Waals surface area contributed by atoms with Gasteiger partial charge in [-0.1, -0.05) is 11.6 Å². The molecular weight excluding hydrogens is 399 g/mol. The van der Waals surface area contributed by atoms with Gasteiger partial charge in [-0.05, 0) is 40.7 Å². The zero-order valence-corrected chi connectivity index (χ0v) is 17.6. The largest absolute Gasteiger partial charge is 0.444 e. The minimum atomic E-state index is -0.629. The van der Waals surface area contributed by atoms with Crippen molar-refractivity contribution >= 4 is 23.3 Å². The van der Waals surface area contributed by atoms with Crippen LogP contribution in [0.25, 0.3) is 17.0 Å². The molecule has 0 aliphatic rings. The van der Waals surface area contributed by atoms with Crippen LogP contribution in [0.5, 0.6) is 0 Å². The van der Waals surface area contributed by atoms with Gasteiger partial charge in [0, 0.05) is 18.9 Å². The van der Waals surface area contributed by atoms with Crippen LogP contribution in [0.1, 0.15) is 46.4 Å². The van der Waals surface area contributed by atoms with Crippen LogP contribution in [0, 0.1) is 5.82 Å². The highest BCUT2D eigenvalue weighted by Gasteiger charge is 2.27. The van der Waals surface area contributed by atoms with Gasteiger partial charge in [0.05, 0.1) is 23.5 Å². The molecule has 0 aromatic carbocycles. The van der Waals surface area contributed by atoms with Crippen LogP contribution < -0.4 is 0 Å². The lowest BCUT2D eigenvalue weighted by Gasteiger charge is -2.30. The van der Waals surface area contributed by atoms with Crippen molar-refractivity contribution in [2.24, 2.45) is 0 Å². The monoisotopic (exact) mass is 420 g/mol. The number of aromatic nitrogens is 5. The highest BCUT2D eigenvalue weighted by Crippen LogP contribution is 2.27. The van der Waals surface area contributed by atoms with Gasteiger partial charge in [0.15, 0.2) is 22.4 Å². The van der Waals surface area contributed by atoms with Gasteiger partial charge in [-0.25, -0.2) is 23.7 Å². The number of rotatable bonds is 4. The SMILES string of the molecule is CCN(C(=O)OC(C)(C)C)[C@H](C)c1cc(-c2nc(Cl)c3nccn3n2)c(F)cn1. The summed E-state index contributed by atoms with van der Waals surface area (Å²) in [4.78, 5) is 26.4. The molecule has 8 nitrogen and oxygen atoms in total. The number of ether oxygens (including phenoxy) is 1. The Labute approximate surface area is 172 Å². The molecule has 3 heterocycles. The first-order valence-electron chi connectivity index (χ1n) is 9.13. The van der Waals surface area contributed by atoms with E-state index in [1.54, 1.807) is 33.9 Å². The molecule has 0 N–H and O–H groups in total. The Kier molecular flexibility index (Phi) is 5.70. The molecule has 0 fully saturated rings. The molecule has 29 heavy (non-hydrogen) atoms. The third-order valence-electron chi connectivity index (χ3n) is 4.19. The summed E-state index contributed by atoms with van der Waals surface area (Å²) in [7, 11) is 0. The molecule has 3 rings (SSSR count). The molecule has 1 amide bonds. The lowest BCUT2D eigenvalue weighted by molar-refractivity contribution is 0.0182. The summed E-state index contributed by atoms with van der Waals surface area (Å²) in [5.41, 5.74) is 0.343. The van der Waals surface area contributed by atoms with Gasteiger partial charge in [-0.15, -0.1) is 5.10 Å². The van der Waals surface area contributed by atoms with Gasteiger partial charge in [0.25, 0.3) is 0 Å². The van der Waals surface area contributed by atoms with Gasteiger partial charge >= 0.3 is 6.09 Å². The molecule has 154 valence electrons. The van der Waals surface area contributed by atoms with Crippen LogP contribution in [-0.2, 0) is 4.74 Å². The highest BCUT2D eigenvalue weighted by atomic mass is 35.5. The smallest absolute Gasteiger partial charge is 0.410 e. The Morgan fingerprint density at radius 2 is 2.10 bits per heavy atom. The zero-order chi connectivity index (χ0) is 21.3. The zero-order valence-electron chi connectivity index (χ0n) is 16.8. The predicted octanol–water partition coefficient (Wildman–Crippen LogP) is 4.30. The Morgan fingerprint density at radius 3 is 2.76 bits per heavy atom. The number of fused-ring (bicyclic) bond motifs is 1. The molecule has 3 aromatic heterocycles. The molecule has 3 aromatic rings. The molecule has 0 aliphatic heterocycles. The van der Waals surface area contributed by atoms with E-state index in [1.807, 2.05) is 6.92 Å². The van der Waals surface area contributed by atoms with Crippen LogP contribution >= 0.6 is 11.6 Å². The summed E-state index contributed by atoms with van der Waals surface area (Å²) in [6, 6.07) is 1.06. The minimum absolute atomic E-state index is 0.0918. The highest BCUT2D eigenvalue weighted by molar-refractivity contribution is 6.32. The lowest BCUT2D eigenvalue weighted by atomic mass is 10.1. The summed E-state index contributed by atoms with van der Waals surface area (Å²) in [6.45, 7) is 9.42. The Balaban J connectivity index is 1.98. The average molecular weight is 421 g/mol. The van der Waals surface area contributed by atoms with Gasteiger partial charge in [0.2, 0.25) is 0 Å². The maximum atomic E-state index is 14.5. The second kappa shape index (κ2) is 7.90. The van der Waals surface area contributed by atoms with Gasteiger partial charge < -0.3 is 9.64 Å². The van der Waals surface area contributed by atoms with Crippen LogP contribution in [0.4, 0.5) is 9.18 Å². The van der Waals surface area contributed by atoms with E-state index in [-0.39, 0.29) is 16.5 Å². The average Bonchev–Trinajstić information content (AvgIpc) is 3.10. The van der Waals surface area contributed by atoms with Crippen LogP contribution in [0.2, 0.25) is 5.15 Å². The maximum absolute atomic E-state index is 14.5. The number of imidazole rings is 1. The van der Waals surface area contributed by atoms with E-state index in [9.17, 15) is 9.18 Å². The Hall–Kier alpha value is -2.81. The first kappa shape index (κ1) is 20.9. The second-order valence-corrected chi connectivity index (χ2v) is 7.81. The molecule has 0 spiro atoms. The second-order valence-electron chi connectivity index (χ2n) is 7.45. The third kappa shape index (κ3) is 4.45. The fourth-order valence-electron chi connectivity index (χ4n) is 2.80. The van der Waals surface area contributed by atoms with Crippen LogP contribution in [0.3, 0.4) is 0 Å². The molecule has 0 saturated heterocycles. The lowest BCUT2D eigenvalue weighted by Crippen LogP contribution is -2.38. The van der Waals surface area contributed by atoms with E-state index >= 15 is 0 Å². The van der Waals surface area contributed by atoms with Crippen molar-refractivity contribution in [1.82, 2.24) is 29.5 Å². The van der Waals surface area contributed by atoms with E-state index in [1.165, 1.54) is 21.7 Å². The summed E-state index contributed by atoms with van der Waals surface area (Å²) >= 11 is 6.14. The van der Waals surface area contributed by atoms with Crippen molar-refractivity contribution in [1.29, 1.82) is 0 Å². The number of carbonyl (C=O) groups is 1. The molecule has 0 aliphatic carbocycles. The van der Waals surface area contributed by atoms with Crippen molar-refractivity contribution in [3.63, 3.8) is 0 Å². The maximum Gasteiger partial charge on any atom is 0.410 e. The first-order chi connectivity index (χ1) is 13.6. The standard InChI is InChI=1S/C19H22ClFN6O2/c1-6-26(18(28)29-19(3,4)5)11(2)14-9-12(13(21)10-23-14)16-24-15(20)17-22-7-8-27(17)25-16/h7-11H,6H2,1-5H3/t11-/m1/s1. The number of carbonyl (C=O) groups excluding carboxylic acids is 1. The number of nitrogens with zero attached hydrogens (tertiary/aromatic N) is 6. The normalized spacial score (nSPS) is 12.8. The predicted molar refractivity (Wildman–Crippen MR) is 106 cm³/mol. The molecule has 0 bridgehead atoms. The Bertz CT molecular complexity index is 1050. The van der Waals surface area contributed by atoms with E-state index < -0.39 is 23.6 Å². The van der Waals surface area contributed by atoms with E-state index in [0.29, 0.717) is 17.9 Å². The Morgan fingerprint density at radius 1 is 1.38 bits per heavy atom. The number of amides is 1. The van der Waals surface area contributed by atoms with Crippen LogP contribution in [-0.4, -0.2) is 47.7 Å². The quantitative estimate of drug-likeness (QED) is 0.625. The summed E-state index contributed by atoms with van der Waals surface area (Å²) < 4.78 is 21.4. The molecule has 10 heteroatoms. The first-order valence-corrected chi connectivity index (χ1v) is 9.51. The van der Waals surface area contributed by atoms with Crippen molar-refractivity contribution in [2.75, 3.05) is 6.54 Å². The van der Waals surface area contributed by atoms with Crippen molar-refractivity contribution in [2.45, 2.75) is 46.3 Å². The topological polar surface area (TPSA) is 85.5 Å². The van der Waals surface area contributed by atoms with E-state index in [4.69, 9.17) is 16.3 Å². The fourth-order valence-corrected chi connectivity index (χ4v) is 3.02. The number of hydrogen-bond donors (Lipinski definition) is 0. The number of hydrogen-bond acceptors (Lipinski definition) is 6. The van der Waals surface area contributed by atoms with Gasteiger partial charge in [-0.3, -0.25) is 4.98 Å². The van der Waals surface area contributed by atoms with E-state index in [0.717, 1.165) is 6.20 Å². The minimum Gasteiger partial charge on any atom is -0.444 e. The van der Waals surface area contributed by atoms with E-state index in [2.05, 4.69) is 20.1 Å². The molecular formula is C19H22ClFN6O2. The molecule has 0 unspecified atom stereocenters.